The molecule has 0 saturated heterocycles. The molecule has 0 spiro atoms. The van der Waals surface area contributed by atoms with Crippen molar-refractivity contribution in [3.8, 4) is 0 Å². The highest BCUT2D eigenvalue weighted by atomic mass is 35.5. The van der Waals surface area contributed by atoms with Crippen molar-refractivity contribution in [2.45, 2.75) is 77.3 Å². The van der Waals surface area contributed by atoms with Gasteiger partial charge in [0.25, 0.3) is 0 Å². The van der Waals surface area contributed by atoms with Crippen LogP contribution in [-0.2, 0) is 26.0 Å². The fourth-order valence-electron chi connectivity index (χ4n) is 4.97. The van der Waals surface area contributed by atoms with Crippen molar-refractivity contribution in [1.29, 1.82) is 0 Å². The molecular formula is C29H40ClN3O4S. The molecule has 0 bridgehead atoms. The highest BCUT2D eigenvalue weighted by Crippen LogP contribution is 2.27. The number of hydrogen-bond donors (Lipinski definition) is 1. The number of rotatable bonds is 12. The van der Waals surface area contributed by atoms with Crippen LogP contribution >= 0.6 is 11.6 Å². The van der Waals surface area contributed by atoms with Gasteiger partial charge in [0.1, 0.15) is 6.04 Å². The minimum atomic E-state index is -3.58. The van der Waals surface area contributed by atoms with Crippen LogP contribution in [0.15, 0.2) is 48.5 Å². The van der Waals surface area contributed by atoms with Crippen LogP contribution in [0.4, 0.5) is 5.69 Å². The van der Waals surface area contributed by atoms with E-state index in [2.05, 4.69) is 5.32 Å². The van der Waals surface area contributed by atoms with E-state index in [1.807, 2.05) is 37.3 Å². The lowest BCUT2D eigenvalue weighted by Crippen LogP contribution is -2.51. The molecule has 1 atom stereocenters. The monoisotopic (exact) mass is 561 g/mol. The molecule has 1 aliphatic carbocycles. The van der Waals surface area contributed by atoms with Crippen molar-refractivity contribution in [1.82, 2.24) is 10.2 Å². The van der Waals surface area contributed by atoms with Gasteiger partial charge in [-0.1, -0.05) is 67.3 Å². The zero-order valence-electron chi connectivity index (χ0n) is 22.7. The van der Waals surface area contributed by atoms with E-state index in [1.54, 1.807) is 30.0 Å². The number of anilines is 1. The van der Waals surface area contributed by atoms with Crippen molar-refractivity contribution >= 4 is 39.1 Å². The Balaban J connectivity index is 1.69. The number of aryl methyl sites for hydroxylation is 1. The first-order valence-corrected chi connectivity index (χ1v) is 15.7. The molecule has 38 heavy (non-hydrogen) atoms. The standard InChI is InChI=1S/C29H40ClN3O4S/c1-22-16-17-25(30)21-27(22)33(38(3,36)37)19-10-15-28(34)32(20-18-24-11-6-4-7-12-24)23(2)29(35)31-26-13-8-5-9-14-26/h4,6-7,11-12,16-17,21,23,26H,5,8-10,13-15,18-20H2,1-3H3,(H,31,35)/t23-/m0/s1. The first-order chi connectivity index (χ1) is 18.1. The Morgan fingerprint density at radius 3 is 2.39 bits per heavy atom. The molecule has 0 aliphatic heterocycles. The van der Waals surface area contributed by atoms with Gasteiger partial charge in [0.15, 0.2) is 0 Å². The summed E-state index contributed by atoms with van der Waals surface area (Å²) in [6.07, 6.45) is 7.59. The number of nitrogens with zero attached hydrogens (tertiary/aromatic N) is 2. The SMILES string of the molecule is Cc1ccc(Cl)cc1N(CCCC(=O)N(CCc1ccccc1)[C@@H](C)C(=O)NC1CCCCC1)S(C)(=O)=O. The Bertz CT molecular complexity index is 1180. The fraction of sp³-hybridized carbons (Fsp3) is 0.517. The molecule has 1 N–H and O–H groups in total. The molecule has 2 aromatic rings. The summed E-state index contributed by atoms with van der Waals surface area (Å²) in [5, 5.41) is 3.59. The van der Waals surface area contributed by atoms with E-state index >= 15 is 0 Å². The van der Waals surface area contributed by atoms with Gasteiger partial charge in [0.2, 0.25) is 21.8 Å². The Morgan fingerprint density at radius 2 is 1.74 bits per heavy atom. The van der Waals surface area contributed by atoms with E-state index in [9.17, 15) is 18.0 Å². The number of carbonyl (C=O) groups is 2. The summed E-state index contributed by atoms with van der Waals surface area (Å²) in [5.41, 5.74) is 2.38. The molecule has 0 heterocycles. The summed E-state index contributed by atoms with van der Waals surface area (Å²) in [7, 11) is -3.58. The molecular weight excluding hydrogens is 522 g/mol. The average Bonchev–Trinajstić information content (AvgIpc) is 2.88. The third kappa shape index (κ3) is 8.73. The second-order valence-corrected chi connectivity index (χ2v) is 12.6. The number of sulfonamides is 1. The normalized spacial score (nSPS) is 15.1. The van der Waals surface area contributed by atoms with Crippen molar-refractivity contribution in [3.63, 3.8) is 0 Å². The number of benzene rings is 2. The third-order valence-electron chi connectivity index (χ3n) is 7.20. The second-order valence-electron chi connectivity index (χ2n) is 10.2. The molecule has 0 radical (unpaired) electrons. The van der Waals surface area contributed by atoms with Crippen LogP contribution in [0.3, 0.4) is 0 Å². The highest BCUT2D eigenvalue weighted by molar-refractivity contribution is 7.92. The molecule has 1 aliphatic rings. The molecule has 7 nitrogen and oxygen atoms in total. The predicted octanol–water partition coefficient (Wildman–Crippen LogP) is 5.10. The smallest absolute Gasteiger partial charge is 0.242 e. The molecule has 3 rings (SSSR count). The lowest BCUT2D eigenvalue weighted by Gasteiger charge is -2.31. The molecule has 0 aromatic heterocycles. The topological polar surface area (TPSA) is 86.8 Å². The summed E-state index contributed by atoms with van der Waals surface area (Å²) in [4.78, 5) is 28.2. The zero-order chi connectivity index (χ0) is 27.7. The maximum Gasteiger partial charge on any atom is 0.242 e. The van der Waals surface area contributed by atoms with Crippen LogP contribution in [0.1, 0.15) is 63.0 Å². The van der Waals surface area contributed by atoms with Gasteiger partial charge in [-0.2, -0.15) is 0 Å². The van der Waals surface area contributed by atoms with Crippen LogP contribution in [-0.4, -0.2) is 56.6 Å². The minimum Gasteiger partial charge on any atom is -0.352 e. The first kappa shape index (κ1) is 30.0. The average molecular weight is 562 g/mol. The van der Waals surface area contributed by atoms with Crippen molar-refractivity contribution in [2.75, 3.05) is 23.7 Å². The van der Waals surface area contributed by atoms with Crippen LogP contribution in [0.5, 0.6) is 0 Å². The van der Waals surface area contributed by atoms with E-state index < -0.39 is 16.1 Å². The van der Waals surface area contributed by atoms with Crippen molar-refractivity contribution < 1.29 is 18.0 Å². The van der Waals surface area contributed by atoms with Crippen molar-refractivity contribution in [3.05, 3.63) is 64.7 Å². The fourth-order valence-corrected chi connectivity index (χ4v) is 6.15. The van der Waals surface area contributed by atoms with Gasteiger partial charge in [-0.05, 0) is 62.8 Å². The second kappa shape index (κ2) is 14.0. The van der Waals surface area contributed by atoms with E-state index in [-0.39, 0.29) is 30.8 Å². The van der Waals surface area contributed by atoms with Crippen molar-refractivity contribution in [2.24, 2.45) is 0 Å². The van der Waals surface area contributed by atoms with E-state index in [1.165, 1.54) is 10.7 Å². The lowest BCUT2D eigenvalue weighted by molar-refractivity contribution is -0.140. The predicted molar refractivity (Wildman–Crippen MR) is 154 cm³/mol. The van der Waals surface area contributed by atoms with Crippen LogP contribution < -0.4 is 9.62 Å². The molecule has 208 valence electrons. The molecule has 0 unspecified atom stereocenters. The van der Waals surface area contributed by atoms with E-state index in [4.69, 9.17) is 11.6 Å². The third-order valence-corrected chi connectivity index (χ3v) is 8.61. The molecule has 1 saturated carbocycles. The summed E-state index contributed by atoms with van der Waals surface area (Å²) in [5.74, 6) is -0.297. The van der Waals surface area contributed by atoms with Gasteiger partial charge in [0, 0.05) is 30.6 Å². The maximum atomic E-state index is 13.4. The molecule has 1 fully saturated rings. The largest absolute Gasteiger partial charge is 0.352 e. The summed E-state index contributed by atoms with van der Waals surface area (Å²) in [6.45, 7) is 4.15. The van der Waals surface area contributed by atoms with Gasteiger partial charge >= 0.3 is 0 Å². The zero-order valence-corrected chi connectivity index (χ0v) is 24.2. The van der Waals surface area contributed by atoms with Gasteiger partial charge < -0.3 is 10.2 Å². The Hall–Kier alpha value is -2.58. The van der Waals surface area contributed by atoms with E-state index in [0.29, 0.717) is 30.1 Å². The molecule has 2 amide bonds. The molecule has 9 heteroatoms. The number of carbonyl (C=O) groups excluding carboxylic acids is 2. The number of hydrogen-bond acceptors (Lipinski definition) is 4. The Kier molecular flexibility index (Phi) is 11.0. The summed E-state index contributed by atoms with van der Waals surface area (Å²) >= 11 is 6.14. The Morgan fingerprint density at radius 1 is 1.05 bits per heavy atom. The van der Waals surface area contributed by atoms with Crippen LogP contribution in [0.25, 0.3) is 0 Å². The Labute approximate surface area is 232 Å². The van der Waals surface area contributed by atoms with Gasteiger partial charge in [-0.15, -0.1) is 0 Å². The summed E-state index contributed by atoms with van der Waals surface area (Å²) in [6, 6.07) is 14.5. The lowest BCUT2D eigenvalue weighted by atomic mass is 9.95. The van der Waals surface area contributed by atoms with Gasteiger partial charge in [0.05, 0.1) is 11.9 Å². The minimum absolute atomic E-state index is 0.126. The maximum absolute atomic E-state index is 13.4. The van der Waals surface area contributed by atoms with Gasteiger partial charge in [-0.25, -0.2) is 8.42 Å². The number of nitrogens with one attached hydrogen (secondary N) is 1. The highest BCUT2D eigenvalue weighted by Gasteiger charge is 2.28. The quantitative estimate of drug-likeness (QED) is 0.390. The summed E-state index contributed by atoms with van der Waals surface area (Å²) < 4.78 is 26.5. The molecule has 2 aromatic carbocycles. The van der Waals surface area contributed by atoms with Crippen LogP contribution in [0, 0.1) is 6.92 Å². The first-order valence-electron chi connectivity index (χ1n) is 13.4. The van der Waals surface area contributed by atoms with E-state index in [0.717, 1.165) is 43.1 Å². The van der Waals surface area contributed by atoms with Crippen LogP contribution in [0.2, 0.25) is 5.02 Å². The number of halogens is 1. The number of amides is 2. The van der Waals surface area contributed by atoms with Gasteiger partial charge in [-0.3, -0.25) is 13.9 Å².